The monoisotopic (exact) mass is 366 g/mol. The molecule has 1 unspecified atom stereocenters. The number of rotatable bonds is 2. The van der Waals surface area contributed by atoms with Crippen molar-refractivity contribution >= 4 is 28.3 Å². The molecule has 1 aromatic carbocycles. The third-order valence-corrected chi connectivity index (χ3v) is 3.99. The van der Waals surface area contributed by atoms with Crippen molar-refractivity contribution in [2.45, 2.75) is 12.3 Å². The van der Waals surface area contributed by atoms with E-state index < -0.39 is 61.9 Å². The smallest absolute Gasteiger partial charge is 0.768 e. The first-order valence-electron chi connectivity index (χ1n) is 5.37. The summed E-state index contributed by atoms with van der Waals surface area (Å²) in [5, 5.41) is -0.625. The van der Waals surface area contributed by atoms with Gasteiger partial charge in [0, 0.05) is 21.1 Å². The van der Waals surface area contributed by atoms with E-state index in [9.17, 15) is 30.7 Å². The van der Waals surface area contributed by atoms with Crippen LogP contribution in [0.4, 0.5) is 22.0 Å². The van der Waals surface area contributed by atoms with Crippen LogP contribution in [0.1, 0.15) is 12.0 Å². The molecular weight excluding hydrogens is 362 g/mol. The van der Waals surface area contributed by atoms with E-state index in [1.54, 1.807) is 0 Å². The van der Waals surface area contributed by atoms with E-state index in [1.165, 1.54) is 0 Å². The predicted octanol–water partition coefficient (Wildman–Crippen LogP) is 0.860. The maximum Gasteiger partial charge on any atom is 1.00 e. The third kappa shape index (κ3) is 3.63. The number of benzene rings is 1. The van der Waals surface area contributed by atoms with Crippen molar-refractivity contribution in [1.29, 1.82) is 0 Å². The molecular formula is C12H5ClF5NaO2S. The molecule has 0 fully saturated rings. The summed E-state index contributed by atoms with van der Waals surface area (Å²) in [6.45, 7) is 0. The molecule has 0 saturated heterocycles. The Morgan fingerprint density at radius 1 is 1.18 bits per heavy atom. The molecule has 1 aliphatic carbocycles. The Bertz CT molecular complexity index is 705. The molecule has 22 heavy (non-hydrogen) atoms. The molecule has 2 nitrogen and oxygen atoms in total. The Kier molecular flexibility index (Phi) is 6.39. The van der Waals surface area contributed by atoms with Gasteiger partial charge in [-0.25, -0.2) is 22.0 Å². The number of hydrogen-bond donors (Lipinski definition) is 0. The number of alkyl halides is 2. The predicted molar refractivity (Wildman–Crippen MR) is 65.7 cm³/mol. The number of hydrogen-bond acceptors (Lipinski definition) is 2. The zero-order valence-corrected chi connectivity index (χ0v) is 14.5. The Labute approximate surface area is 151 Å². The Morgan fingerprint density at radius 2 is 1.77 bits per heavy atom. The summed E-state index contributed by atoms with van der Waals surface area (Å²) in [4.78, 5) is -0.651. The van der Waals surface area contributed by atoms with Gasteiger partial charge in [-0.05, 0) is 29.3 Å². The maximum atomic E-state index is 13.9. The summed E-state index contributed by atoms with van der Waals surface area (Å²) in [5.41, 5.74) is -2.01. The fourth-order valence-electron chi connectivity index (χ4n) is 1.84. The van der Waals surface area contributed by atoms with Crippen LogP contribution in [0.2, 0.25) is 0 Å². The van der Waals surface area contributed by atoms with Crippen LogP contribution in [-0.2, 0) is 11.1 Å². The Morgan fingerprint density at radius 3 is 2.32 bits per heavy atom. The van der Waals surface area contributed by atoms with Crippen molar-refractivity contribution in [3.8, 4) is 0 Å². The third-order valence-electron chi connectivity index (χ3n) is 2.82. The van der Waals surface area contributed by atoms with Crippen molar-refractivity contribution in [2.75, 3.05) is 0 Å². The van der Waals surface area contributed by atoms with E-state index in [1.807, 2.05) is 0 Å². The van der Waals surface area contributed by atoms with Gasteiger partial charge < -0.3 is 4.55 Å². The molecule has 10 heteroatoms. The molecule has 0 bridgehead atoms. The van der Waals surface area contributed by atoms with Crippen LogP contribution in [0.3, 0.4) is 0 Å². The van der Waals surface area contributed by atoms with Crippen LogP contribution < -0.4 is 29.6 Å². The molecule has 114 valence electrons. The maximum absolute atomic E-state index is 13.9. The van der Waals surface area contributed by atoms with E-state index in [-0.39, 0.29) is 29.6 Å². The van der Waals surface area contributed by atoms with Crippen LogP contribution in [0.15, 0.2) is 28.1 Å². The minimum Gasteiger partial charge on any atom is -0.768 e. The van der Waals surface area contributed by atoms with Crippen molar-refractivity contribution in [1.82, 2.24) is 0 Å². The van der Waals surface area contributed by atoms with Gasteiger partial charge in [-0.15, -0.1) is 0 Å². The van der Waals surface area contributed by atoms with Gasteiger partial charge in [-0.2, -0.15) is 0 Å². The van der Waals surface area contributed by atoms with Crippen LogP contribution >= 0.6 is 11.6 Å². The fraction of sp³-hybridized carbons (Fsp3) is 0.167. The normalized spacial score (nSPS) is 18.6. The van der Waals surface area contributed by atoms with Gasteiger partial charge in [0.05, 0.1) is 6.42 Å². The quantitative estimate of drug-likeness (QED) is 0.337. The fourth-order valence-corrected chi connectivity index (χ4v) is 2.72. The van der Waals surface area contributed by atoms with E-state index in [2.05, 4.69) is 0 Å². The number of halogens is 6. The summed E-state index contributed by atoms with van der Waals surface area (Å²) in [6.07, 6.45) is -0.729. The summed E-state index contributed by atoms with van der Waals surface area (Å²) in [7, 11) is 0. The van der Waals surface area contributed by atoms with Crippen molar-refractivity contribution in [3.63, 3.8) is 0 Å². The van der Waals surface area contributed by atoms with Crippen LogP contribution in [-0.4, -0.2) is 14.7 Å². The summed E-state index contributed by atoms with van der Waals surface area (Å²) >= 11 is 2.52. The molecule has 0 spiro atoms. The van der Waals surface area contributed by atoms with Gasteiger partial charge in [-0.1, -0.05) is 11.6 Å². The first-order valence-corrected chi connectivity index (χ1v) is 6.82. The second-order valence-electron chi connectivity index (χ2n) is 4.17. The molecule has 0 aromatic heterocycles. The van der Waals surface area contributed by atoms with Crippen LogP contribution in [0.25, 0.3) is 5.57 Å². The van der Waals surface area contributed by atoms with Crippen molar-refractivity contribution in [3.05, 3.63) is 51.2 Å². The largest absolute Gasteiger partial charge is 1.00 e. The summed E-state index contributed by atoms with van der Waals surface area (Å²) < 4.78 is 89.2. The minimum absolute atomic E-state index is 0. The van der Waals surface area contributed by atoms with E-state index >= 15 is 0 Å². The van der Waals surface area contributed by atoms with Gasteiger partial charge in [0.1, 0.15) is 0 Å². The van der Waals surface area contributed by atoms with Gasteiger partial charge in [0.15, 0.2) is 17.5 Å². The molecule has 1 aromatic rings. The first kappa shape index (κ1) is 19.8. The second kappa shape index (κ2) is 7.11. The van der Waals surface area contributed by atoms with Crippen LogP contribution in [0.5, 0.6) is 0 Å². The van der Waals surface area contributed by atoms with Gasteiger partial charge in [-0.3, -0.25) is 4.21 Å². The topological polar surface area (TPSA) is 40.1 Å². The Hall–Kier alpha value is -0.250. The molecule has 1 aliphatic rings. The van der Waals surface area contributed by atoms with Gasteiger partial charge in [0.2, 0.25) is 0 Å². The van der Waals surface area contributed by atoms with E-state index in [4.69, 9.17) is 11.6 Å². The van der Waals surface area contributed by atoms with Crippen molar-refractivity contribution in [2.24, 2.45) is 0 Å². The molecule has 2 rings (SSSR count). The molecule has 0 radical (unpaired) electrons. The average molecular weight is 367 g/mol. The molecule has 0 amide bonds. The molecule has 0 heterocycles. The second-order valence-corrected chi connectivity index (χ2v) is 5.53. The molecule has 1 atom stereocenters. The van der Waals surface area contributed by atoms with Crippen LogP contribution in [0, 0.1) is 17.5 Å². The first-order chi connectivity index (χ1) is 9.65. The molecule has 0 N–H and O–H groups in total. The SMILES string of the molecule is O=S([O-])C1=C(Cl)CC(F)(F)C(c2ccc(F)c(F)c2F)=C1.[Na+]. The van der Waals surface area contributed by atoms with Gasteiger partial charge in [0.25, 0.3) is 5.92 Å². The molecule has 0 aliphatic heterocycles. The standard InChI is InChI=1S/C12H6ClF5O2S.Na/c13-7-4-12(17,18)6(3-9(7)21(19)20)5-1-2-8(14)11(16)10(5)15;/h1-3H,4H2,(H,19,20);/q;+1/p-1. The average Bonchev–Trinajstić information content (AvgIpc) is 2.36. The van der Waals surface area contributed by atoms with E-state index in [0.717, 1.165) is 0 Å². The summed E-state index contributed by atoms with van der Waals surface area (Å²) in [6, 6.07) is 1.08. The minimum atomic E-state index is -3.72. The van der Waals surface area contributed by atoms with Crippen molar-refractivity contribution < 1.29 is 60.3 Å². The molecule has 0 saturated carbocycles. The summed E-state index contributed by atoms with van der Waals surface area (Å²) in [5.74, 6) is -9.01. The number of allylic oxidation sites excluding steroid dienone is 3. The van der Waals surface area contributed by atoms with Gasteiger partial charge >= 0.3 is 29.6 Å². The van der Waals surface area contributed by atoms with E-state index in [0.29, 0.717) is 18.2 Å². The Balaban J connectivity index is 0.00000242. The zero-order chi connectivity index (χ0) is 15.9. The zero-order valence-electron chi connectivity index (χ0n) is 10.9.